The molecule has 1 fully saturated rings. The molecule has 0 saturated carbocycles. The van der Waals surface area contributed by atoms with E-state index < -0.39 is 42.6 Å². The van der Waals surface area contributed by atoms with E-state index in [4.69, 9.17) is 20.6 Å². The molecule has 1 aliphatic rings. The number of H-pyrrole nitrogens is 1. The number of aromatic amines is 1. The largest absolute Gasteiger partial charge is 0.484 e. The fourth-order valence-electron chi connectivity index (χ4n) is 3.85. The van der Waals surface area contributed by atoms with Gasteiger partial charge in [0.05, 0.1) is 12.9 Å². The van der Waals surface area contributed by atoms with Gasteiger partial charge in [0.2, 0.25) is 5.95 Å². The summed E-state index contributed by atoms with van der Waals surface area (Å²) in [7, 11) is 0. The first-order valence-corrected chi connectivity index (χ1v) is 11.3. The molecule has 2 aromatic heterocycles. The molecule has 1 amide bonds. The summed E-state index contributed by atoms with van der Waals surface area (Å²) in [5.41, 5.74) is 0.604. The van der Waals surface area contributed by atoms with Crippen molar-refractivity contribution in [3.63, 3.8) is 0 Å². The van der Waals surface area contributed by atoms with Crippen LogP contribution in [0.3, 0.4) is 0 Å². The van der Waals surface area contributed by atoms with Crippen LogP contribution in [-0.2, 0) is 14.3 Å². The molecule has 12 nitrogen and oxygen atoms in total. The Labute approximate surface area is 206 Å². The van der Waals surface area contributed by atoms with Gasteiger partial charge in [0, 0.05) is 0 Å². The van der Waals surface area contributed by atoms with E-state index in [1.165, 1.54) is 10.9 Å². The monoisotopic (exact) mass is 497 g/mol. The highest BCUT2D eigenvalue weighted by molar-refractivity contribution is 5.90. The third-order valence-electron chi connectivity index (χ3n) is 5.73. The first-order chi connectivity index (χ1) is 17.3. The summed E-state index contributed by atoms with van der Waals surface area (Å²) >= 11 is 0. The Kier molecular flexibility index (Phi) is 7.66. The number of fused-ring (bicyclic) bond motifs is 1. The number of aliphatic hydroxyl groups is 2. The molecule has 4 N–H and O–H groups in total. The fourth-order valence-corrected chi connectivity index (χ4v) is 3.85. The predicted molar refractivity (Wildman–Crippen MR) is 128 cm³/mol. The number of carbonyl (C=O) groups excluding carboxylic acids is 1. The number of aromatic nitrogens is 4. The van der Waals surface area contributed by atoms with Crippen molar-refractivity contribution in [2.45, 2.75) is 44.3 Å². The van der Waals surface area contributed by atoms with Gasteiger partial charge in [-0.2, -0.15) is 4.98 Å². The molecule has 36 heavy (non-hydrogen) atoms. The SMILES string of the molecule is C#CCO[C@@H]1[C@H](O)[C@@H](CO)O[C@H]1n1cnc2c(=O)[nH]c(NC(=O)COc3ccc(C(C)C)cc3)nc21. The standard InChI is InChI=1S/C24H27N5O7/c1-4-9-34-20-19(32)16(10-30)36-23(20)29-12-25-18-21(29)27-24(28-22(18)33)26-17(31)11-35-15-7-5-14(6-8-15)13(2)3/h1,5-8,12-13,16,19-20,23,30,32H,9-11H2,2-3H3,(H2,26,27,28,31,33)/t16-,19-,20-,23-/m1/s1. The third-order valence-corrected chi connectivity index (χ3v) is 5.73. The summed E-state index contributed by atoms with van der Waals surface area (Å²) in [5.74, 6) is 2.55. The van der Waals surface area contributed by atoms with Crippen molar-refractivity contribution in [2.75, 3.05) is 25.1 Å². The Morgan fingerprint density at radius 2 is 2.11 bits per heavy atom. The van der Waals surface area contributed by atoms with E-state index in [0.29, 0.717) is 11.7 Å². The Bertz CT molecular complexity index is 1310. The first kappa shape index (κ1) is 25.3. The minimum Gasteiger partial charge on any atom is -0.484 e. The van der Waals surface area contributed by atoms with Crippen molar-refractivity contribution in [1.82, 2.24) is 19.5 Å². The molecule has 0 bridgehead atoms. The number of aliphatic hydroxyl groups excluding tert-OH is 2. The zero-order valence-electron chi connectivity index (χ0n) is 19.7. The van der Waals surface area contributed by atoms with Gasteiger partial charge in [0.25, 0.3) is 11.5 Å². The van der Waals surface area contributed by atoms with Crippen LogP contribution >= 0.6 is 0 Å². The van der Waals surface area contributed by atoms with Crippen LogP contribution in [0.25, 0.3) is 11.2 Å². The van der Waals surface area contributed by atoms with Crippen molar-refractivity contribution in [3.8, 4) is 18.1 Å². The number of nitrogens with zero attached hydrogens (tertiary/aromatic N) is 3. The quantitative estimate of drug-likeness (QED) is 0.309. The van der Waals surface area contributed by atoms with Crippen LogP contribution in [0.1, 0.15) is 31.6 Å². The fraction of sp³-hybridized carbons (Fsp3) is 0.417. The van der Waals surface area contributed by atoms with Crippen LogP contribution < -0.4 is 15.6 Å². The van der Waals surface area contributed by atoms with Crippen LogP contribution in [0.4, 0.5) is 5.95 Å². The molecular formula is C24H27N5O7. The number of rotatable bonds is 9. The molecule has 0 radical (unpaired) electrons. The lowest BCUT2D eigenvalue weighted by Gasteiger charge is -2.21. The van der Waals surface area contributed by atoms with Gasteiger partial charge in [-0.05, 0) is 23.6 Å². The Balaban J connectivity index is 1.52. The second kappa shape index (κ2) is 10.9. The number of ether oxygens (including phenoxy) is 3. The summed E-state index contributed by atoms with van der Waals surface area (Å²) in [6, 6.07) is 7.41. The summed E-state index contributed by atoms with van der Waals surface area (Å²) in [4.78, 5) is 35.8. The second-order valence-corrected chi connectivity index (χ2v) is 8.52. The second-order valence-electron chi connectivity index (χ2n) is 8.52. The molecule has 3 heterocycles. The molecule has 190 valence electrons. The van der Waals surface area contributed by atoms with Crippen molar-refractivity contribution < 1.29 is 29.2 Å². The lowest BCUT2D eigenvalue weighted by molar-refractivity contribution is -0.118. The van der Waals surface area contributed by atoms with Crippen LogP contribution in [0.2, 0.25) is 0 Å². The number of hydrogen-bond acceptors (Lipinski definition) is 9. The molecule has 0 unspecified atom stereocenters. The van der Waals surface area contributed by atoms with E-state index in [2.05, 4.69) is 40.0 Å². The number of amides is 1. The van der Waals surface area contributed by atoms with Gasteiger partial charge < -0.3 is 24.4 Å². The van der Waals surface area contributed by atoms with Gasteiger partial charge >= 0.3 is 0 Å². The van der Waals surface area contributed by atoms with E-state index in [1.807, 2.05) is 12.1 Å². The van der Waals surface area contributed by atoms with Gasteiger partial charge in [0.15, 0.2) is 24.0 Å². The van der Waals surface area contributed by atoms with Crippen molar-refractivity contribution in [3.05, 3.63) is 46.5 Å². The van der Waals surface area contributed by atoms with Crippen LogP contribution in [0.5, 0.6) is 5.75 Å². The van der Waals surface area contributed by atoms with Crippen molar-refractivity contribution in [2.24, 2.45) is 0 Å². The average molecular weight is 498 g/mol. The van der Waals surface area contributed by atoms with Gasteiger partial charge in [-0.1, -0.05) is 31.9 Å². The minimum absolute atomic E-state index is 0.0178. The number of carbonyl (C=O) groups is 1. The molecule has 12 heteroatoms. The van der Waals surface area contributed by atoms with Crippen molar-refractivity contribution >= 4 is 23.0 Å². The molecule has 1 saturated heterocycles. The van der Waals surface area contributed by atoms with Crippen LogP contribution in [-0.4, -0.2) is 73.8 Å². The highest BCUT2D eigenvalue weighted by Gasteiger charge is 2.46. The molecular weight excluding hydrogens is 470 g/mol. The number of nitrogens with one attached hydrogen (secondary N) is 2. The Morgan fingerprint density at radius 3 is 2.78 bits per heavy atom. The molecule has 0 spiro atoms. The van der Waals surface area contributed by atoms with E-state index in [9.17, 15) is 19.8 Å². The maximum atomic E-state index is 12.6. The van der Waals surface area contributed by atoms with Gasteiger partial charge in [-0.15, -0.1) is 6.42 Å². The van der Waals surface area contributed by atoms with Crippen molar-refractivity contribution in [1.29, 1.82) is 0 Å². The molecule has 0 aliphatic carbocycles. The molecule has 4 atom stereocenters. The van der Waals surface area contributed by atoms with E-state index in [0.717, 1.165) is 5.56 Å². The zero-order valence-corrected chi connectivity index (χ0v) is 19.7. The van der Waals surface area contributed by atoms with Gasteiger partial charge in [0.1, 0.15) is 30.7 Å². The summed E-state index contributed by atoms with van der Waals surface area (Å²) in [5, 5.41) is 22.5. The summed E-state index contributed by atoms with van der Waals surface area (Å²) in [6.45, 7) is 3.28. The molecule has 1 aromatic carbocycles. The summed E-state index contributed by atoms with van der Waals surface area (Å²) in [6.07, 6.45) is 2.51. The molecule has 3 aromatic rings. The molecule has 1 aliphatic heterocycles. The predicted octanol–water partition coefficient (Wildman–Crippen LogP) is 0.530. The Hall–Kier alpha value is -3.76. The first-order valence-electron chi connectivity index (χ1n) is 11.3. The summed E-state index contributed by atoms with van der Waals surface area (Å²) < 4.78 is 18.2. The van der Waals surface area contributed by atoms with E-state index in [-0.39, 0.29) is 30.3 Å². The minimum atomic E-state index is -1.18. The zero-order chi connectivity index (χ0) is 25.8. The van der Waals surface area contributed by atoms with E-state index >= 15 is 0 Å². The van der Waals surface area contributed by atoms with E-state index in [1.54, 1.807) is 12.1 Å². The van der Waals surface area contributed by atoms with Gasteiger partial charge in [-0.25, -0.2) is 4.98 Å². The lowest BCUT2D eigenvalue weighted by atomic mass is 10.0. The highest BCUT2D eigenvalue weighted by Crippen LogP contribution is 2.33. The Morgan fingerprint density at radius 1 is 1.36 bits per heavy atom. The average Bonchev–Trinajstić information content (AvgIpc) is 3.42. The number of benzene rings is 1. The number of terminal acetylenes is 1. The molecule has 4 rings (SSSR count). The lowest BCUT2D eigenvalue weighted by Crippen LogP contribution is -2.35. The third kappa shape index (κ3) is 5.24. The smallest absolute Gasteiger partial charge is 0.280 e. The van der Waals surface area contributed by atoms with Crippen LogP contribution in [0.15, 0.2) is 35.4 Å². The maximum absolute atomic E-state index is 12.6. The number of imidazole rings is 1. The highest BCUT2D eigenvalue weighted by atomic mass is 16.6. The number of hydrogen-bond donors (Lipinski definition) is 4. The maximum Gasteiger partial charge on any atom is 0.280 e. The van der Waals surface area contributed by atoms with Gasteiger partial charge in [-0.3, -0.25) is 24.5 Å². The topological polar surface area (TPSA) is 161 Å². The number of anilines is 1. The normalized spacial score (nSPS) is 21.6. The van der Waals surface area contributed by atoms with Crippen LogP contribution in [0, 0.1) is 12.3 Å².